The molecule has 3 N–H and O–H groups in total. The quantitative estimate of drug-likeness (QED) is 0.182. The number of carbonyl (C=O) groups excluding carboxylic acids is 2. The first-order valence-corrected chi connectivity index (χ1v) is 14.5. The molecule has 0 aliphatic carbocycles. The molecule has 5 aromatic rings. The number of hydrogen-bond donors (Lipinski definition) is 3. The Hall–Kier alpha value is -6.32. The molecule has 0 aliphatic rings. The maximum absolute atomic E-state index is 13.6. The van der Waals surface area contributed by atoms with Gasteiger partial charge in [-0.2, -0.15) is 0 Å². The highest BCUT2D eigenvalue weighted by molar-refractivity contribution is 6.07. The van der Waals surface area contributed by atoms with Gasteiger partial charge in [-0.05, 0) is 54.5 Å². The van der Waals surface area contributed by atoms with E-state index in [1.807, 2.05) is 48.0 Å². The van der Waals surface area contributed by atoms with Gasteiger partial charge in [0.1, 0.15) is 11.6 Å². The summed E-state index contributed by atoms with van der Waals surface area (Å²) in [7, 11) is 1.88. The molecule has 0 fully saturated rings. The highest BCUT2D eigenvalue weighted by atomic mass is 16.5. The summed E-state index contributed by atoms with van der Waals surface area (Å²) >= 11 is 0. The number of amides is 1. The van der Waals surface area contributed by atoms with Crippen molar-refractivity contribution in [3.63, 3.8) is 0 Å². The molecule has 0 radical (unpaired) electrons. The Labute approximate surface area is 274 Å². The number of aromatic nitrogens is 5. The molecular formula is C32H35N7O9. The van der Waals surface area contributed by atoms with E-state index in [0.29, 0.717) is 22.7 Å². The number of carboxylic acids is 2. The number of fused-ring (bicyclic) bond motifs is 1. The molecule has 0 saturated carbocycles. The van der Waals surface area contributed by atoms with Crippen LogP contribution in [0.5, 0.6) is 0 Å². The molecule has 3 aromatic heterocycles. The van der Waals surface area contributed by atoms with Crippen molar-refractivity contribution in [1.29, 1.82) is 0 Å². The largest absolute Gasteiger partial charge is 0.481 e. The third-order valence-electron chi connectivity index (χ3n) is 6.29. The maximum Gasteiger partial charge on any atom is 0.440 e. The topological polar surface area (TPSA) is 214 Å². The van der Waals surface area contributed by atoms with Crippen LogP contribution in [0.4, 0.5) is 17.5 Å². The minimum Gasteiger partial charge on any atom is -0.481 e. The summed E-state index contributed by atoms with van der Waals surface area (Å²) < 4.78 is 11.7. The Bertz CT molecular complexity index is 1870. The van der Waals surface area contributed by atoms with Crippen LogP contribution in [-0.4, -0.2) is 71.9 Å². The minimum absolute atomic E-state index is 0.0333. The van der Waals surface area contributed by atoms with E-state index in [2.05, 4.69) is 15.1 Å². The van der Waals surface area contributed by atoms with Crippen molar-refractivity contribution in [2.24, 2.45) is 7.05 Å². The minimum atomic E-state index is -0.833. The number of carboxylic acid groups (broad SMARTS) is 2. The second-order valence-electron chi connectivity index (χ2n) is 9.87. The maximum atomic E-state index is 13.6. The molecule has 0 unspecified atom stereocenters. The second-order valence-corrected chi connectivity index (χ2v) is 9.87. The van der Waals surface area contributed by atoms with Crippen molar-refractivity contribution >= 4 is 52.3 Å². The summed E-state index contributed by atoms with van der Waals surface area (Å²) in [5, 5.41) is 18.7. The average molecular weight is 662 g/mol. The predicted molar refractivity (Wildman–Crippen MR) is 174 cm³/mol. The summed E-state index contributed by atoms with van der Waals surface area (Å²) in [5.41, 5.74) is 2.59. The Morgan fingerprint density at radius 1 is 0.979 bits per heavy atom. The third-order valence-corrected chi connectivity index (χ3v) is 6.29. The fourth-order valence-electron chi connectivity index (χ4n) is 4.33. The lowest BCUT2D eigenvalue weighted by atomic mass is 10.1. The van der Waals surface area contributed by atoms with Gasteiger partial charge in [0.25, 0.3) is 23.8 Å². The molecule has 16 nitrogen and oxygen atoms in total. The fraction of sp³-hybridized carbons (Fsp3) is 0.250. The van der Waals surface area contributed by atoms with Gasteiger partial charge in [0.05, 0.1) is 30.6 Å². The Kier molecular flexibility index (Phi) is 13.1. The van der Waals surface area contributed by atoms with Crippen molar-refractivity contribution < 1.29 is 38.7 Å². The normalized spacial score (nSPS) is 10.2. The number of carbonyl (C=O) groups is 4. The van der Waals surface area contributed by atoms with E-state index in [9.17, 15) is 14.4 Å². The molecule has 0 aliphatic heterocycles. The van der Waals surface area contributed by atoms with Gasteiger partial charge in [-0.3, -0.25) is 33.6 Å². The second kappa shape index (κ2) is 17.4. The number of anilines is 3. The van der Waals surface area contributed by atoms with Gasteiger partial charge in [-0.15, -0.1) is 0 Å². The zero-order valence-electron chi connectivity index (χ0n) is 26.7. The summed E-state index contributed by atoms with van der Waals surface area (Å²) in [6, 6.07) is 19.9. The first-order chi connectivity index (χ1) is 22.9. The number of H-pyrrole nitrogens is 1. The number of benzene rings is 2. The van der Waals surface area contributed by atoms with E-state index in [4.69, 9.17) is 34.0 Å². The highest BCUT2D eigenvalue weighted by Crippen LogP contribution is 2.26. The number of ether oxygens (including phenoxy) is 1. The first kappa shape index (κ1) is 36.2. The number of aromatic amines is 1. The lowest BCUT2D eigenvalue weighted by Crippen LogP contribution is -2.34. The van der Waals surface area contributed by atoms with Crippen molar-refractivity contribution in [3.8, 4) is 0 Å². The monoisotopic (exact) mass is 661 g/mol. The molecule has 252 valence electrons. The zero-order valence-corrected chi connectivity index (χ0v) is 26.7. The predicted octanol–water partition coefficient (Wildman–Crippen LogP) is 3.76. The summed E-state index contributed by atoms with van der Waals surface area (Å²) in [6.45, 7) is 4.55. The van der Waals surface area contributed by atoms with E-state index in [0.717, 1.165) is 25.1 Å². The van der Waals surface area contributed by atoms with Gasteiger partial charge >= 0.3 is 11.7 Å². The molecule has 0 bridgehead atoms. The molecule has 1 amide bonds. The summed E-state index contributed by atoms with van der Waals surface area (Å²) in [5.74, 6) is -1.70. The molecule has 16 heteroatoms. The van der Waals surface area contributed by atoms with Crippen LogP contribution in [0.25, 0.3) is 11.0 Å². The molecule has 0 saturated heterocycles. The summed E-state index contributed by atoms with van der Waals surface area (Å²) in [4.78, 5) is 70.3. The van der Waals surface area contributed by atoms with Gasteiger partial charge in [0.2, 0.25) is 0 Å². The van der Waals surface area contributed by atoms with E-state index in [-0.39, 0.29) is 38.0 Å². The standard InChI is InChI=1S/C28H27N7O5.2C2H4O2/c1-3-39-25(36)14-16-34(23-11-7-8-15-29-23)26(37)19-12-13-22-21(17-19)30-24(33(22)2)18-35(20-9-5-4-6-10-20)27-31-28(38)40-32-27;2*1-2(3)4/h4-13,15,17H,3,14,16,18H2,1-2H3,(H,31,32,38);2*1H3,(H,3,4). The highest BCUT2D eigenvalue weighted by Gasteiger charge is 2.23. The van der Waals surface area contributed by atoms with Crippen LogP contribution in [0.1, 0.15) is 43.4 Å². The number of esters is 1. The van der Waals surface area contributed by atoms with Gasteiger partial charge in [-0.25, -0.2) is 14.8 Å². The molecule has 2 aromatic carbocycles. The van der Waals surface area contributed by atoms with Gasteiger partial charge in [0.15, 0.2) is 0 Å². The van der Waals surface area contributed by atoms with E-state index in [1.165, 1.54) is 4.90 Å². The van der Waals surface area contributed by atoms with Crippen molar-refractivity contribution in [3.05, 3.63) is 94.9 Å². The molecule has 5 rings (SSSR count). The van der Waals surface area contributed by atoms with Gasteiger partial charge < -0.3 is 24.4 Å². The molecular weight excluding hydrogens is 626 g/mol. The molecule has 48 heavy (non-hydrogen) atoms. The SMILES string of the molecule is CC(=O)O.CC(=O)O.CCOC(=O)CCN(C(=O)c1ccc2c(c1)nc(CN(c1ccccc1)c1noc(=O)[nH]1)n2C)c1ccccn1. The third kappa shape index (κ3) is 10.4. The molecule has 0 spiro atoms. The van der Waals surface area contributed by atoms with E-state index < -0.39 is 23.7 Å². The number of rotatable bonds is 10. The molecule has 0 atom stereocenters. The first-order valence-electron chi connectivity index (χ1n) is 14.5. The van der Waals surface area contributed by atoms with Crippen molar-refractivity contribution in [2.45, 2.75) is 33.7 Å². The summed E-state index contributed by atoms with van der Waals surface area (Å²) in [6.07, 6.45) is 1.63. The average Bonchev–Trinajstić information content (AvgIpc) is 3.62. The number of pyridine rings is 1. The van der Waals surface area contributed by atoms with Crippen LogP contribution in [0, 0.1) is 0 Å². The number of aliphatic carboxylic acids is 2. The number of imidazole rings is 1. The Morgan fingerprint density at radius 2 is 1.65 bits per heavy atom. The van der Waals surface area contributed by atoms with Crippen LogP contribution in [-0.2, 0) is 32.7 Å². The smallest absolute Gasteiger partial charge is 0.440 e. The fourth-order valence-corrected chi connectivity index (χ4v) is 4.33. The Balaban J connectivity index is 0.000000705. The van der Waals surface area contributed by atoms with Crippen LogP contribution >= 0.6 is 0 Å². The van der Waals surface area contributed by atoms with Crippen LogP contribution in [0.3, 0.4) is 0 Å². The molecule has 3 heterocycles. The number of aryl methyl sites for hydroxylation is 1. The lowest BCUT2D eigenvalue weighted by molar-refractivity contribution is -0.143. The number of nitrogens with zero attached hydrogens (tertiary/aromatic N) is 6. The van der Waals surface area contributed by atoms with E-state index >= 15 is 0 Å². The Morgan fingerprint density at radius 3 is 2.23 bits per heavy atom. The van der Waals surface area contributed by atoms with Crippen molar-refractivity contribution in [1.82, 2.24) is 24.7 Å². The van der Waals surface area contributed by atoms with Crippen LogP contribution in [0.2, 0.25) is 0 Å². The van der Waals surface area contributed by atoms with Gasteiger partial charge in [0, 0.05) is 44.9 Å². The number of hydrogen-bond acceptors (Lipinski definition) is 11. The van der Waals surface area contributed by atoms with E-state index in [1.54, 1.807) is 48.4 Å². The lowest BCUT2D eigenvalue weighted by Gasteiger charge is -2.21. The van der Waals surface area contributed by atoms with Crippen LogP contribution < -0.4 is 15.6 Å². The number of nitrogens with one attached hydrogen (secondary N) is 1. The van der Waals surface area contributed by atoms with Crippen molar-refractivity contribution in [2.75, 3.05) is 23.0 Å². The van der Waals surface area contributed by atoms with Gasteiger partial charge in [-0.1, -0.05) is 24.3 Å². The van der Waals surface area contributed by atoms with Crippen LogP contribution in [0.15, 0.2) is 82.2 Å². The number of para-hydroxylation sites is 1. The zero-order chi connectivity index (χ0) is 35.2.